The van der Waals surface area contributed by atoms with Gasteiger partial charge in [-0.25, -0.2) is 4.79 Å². The van der Waals surface area contributed by atoms with Gasteiger partial charge in [0.1, 0.15) is 11.6 Å². The molecular formula is C18H26N6O. The lowest BCUT2D eigenvalue weighted by Crippen LogP contribution is -2.45. The number of pyridine rings is 1. The van der Waals surface area contributed by atoms with E-state index in [1.54, 1.807) is 6.20 Å². The summed E-state index contributed by atoms with van der Waals surface area (Å²) < 4.78 is 2.15. The number of hydrogen-bond donors (Lipinski definition) is 1. The van der Waals surface area contributed by atoms with Crippen molar-refractivity contribution in [3.8, 4) is 0 Å². The lowest BCUT2D eigenvalue weighted by Gasteiger charge is -2.24. The van der Waals surface area contributed by atoms with Crippen LogP contribution in [0, 0.1) is 0 Å². The summed E-state index contributed by atoms with van der Waals surface area (Å²) in [6, 6.07) is 4.25. The van der Waals surface area contributed by atoms with Gasteiger partial charge in [-0.3, -0.25) is 4.98 Å². The Balaban J connectivity index is 1.65. The van der Waals surface area contributed by atoms with Gasteiger partial charge in [0, 0.05) is 50.9 Å². The van der Waals surface area contributed by atoms with Crippen molar-refractivity contribution >= 4 is 6.03 Å². The molecule has 1 N–H and O–H groups in total. The molecule has 0 fully saturated rings. The number of fused-ring (bicyclic) bond motifs is 1. The van der Waals surface area contributed by atoms with Gasteiger partial charge in [0.15, 0.2) is 0 Å². The fourth-order valence-electron chi connectivity index (χ4n) is 3.16. The minimum atomic E-state index is 0.0289. The van der Waals surface area contributed by atoms with Gasteiger partial charge >= 0.3 is 6.03 Å². The fraction of sp³-hybridized carbons (Fsp3) is 0.556. The van der Waals surface area contributed by atoms with Gasteiger partial charge in [-0.2, -0.15) is 0 Å². The lowest BCUT2D eigenvalue weighted by molar-refractivity contribution is 0.193. The average molecular weight is 342 g/mol. The number of nitrogens with zero attached hydrogens (tertiary/aromatic N) is 5. The Labute approximate surface area is 148 Å². The molecule has 7 heteroatoms. The van der Waals surface area contributed by atoms with Crippen molar-refractivity contribution in [2.24, 2.45) is 0 Å². The molecule has 25 heavy (non-hydrogen) atoms. The lowest BCUT2D eigenvalue weighted by atomic mass is 10.2. The van der Waals surface area contributed by atoms with Crippen molar-refractivity contribution in [3.63, 3.8) is 0 Å². The summed E-state index contributed by atoms with van der Waals surface area (Å²) in [5.74, 6) is 1.89. The zero-order valence-electron chi connectivity index (χ0n) is 15.0. The van der Waals surface area contributed by atoms with E-state index in [1.807, 2.05) is 23.2 Å². The van der Waals surface area contributed by atoms with E-state index in [4.69, 9.17) is 0 Å². The number of amides is 2. The molecule has 2 aromatic heterocycles. The number of urea groups is 1. The third-order valence-corrected chi connectivity index (χ3v) is 4.79. The molecule has 0 aromatic carbocycles. The van der Waals surface area contributed by atoms with Crippen LogP contribution in [0.5, 0.6) is 0 Å². The summed E-state index contributed by atoms with van der Waals surface area (Å²) in [6.45, 7) is 6.29. The Morgan fingerprint density at radius 1 is 1.24 bits per heavy atom. The van der Waals surface area contributed by atoms with Gasteiger partial charge in [-0.15, -0.1) is 10.2 Å². The van der Waals surface area contributed by atoms with E-state index in [1.165, 1.54) is 0 Å². The van der Waals surface area contributed by atoms with E-state index in [0.29, 0.717) is 19.5 Å². The number of hydrogen-bond acceptors (Lipinski definition) is 4. The maximum absolute atomic E-state index is 12.5. The van der Waals surface area contributed by atoms with E-state index < -0.39 is 0 Å². The highest BCUT2D eigenvalue weighted by Crippen LogP contribution is 2.13. The van der Waals surface area contributed by atoms with Crippen molar-refractivity contribution in [2.75, 3.05) is 13.1 Å². The summed E-state index contributed by atoms with van der Waals surface area (Å²) in [5, 5.41) is 11.8. The van der Waals surface area contributed by atoms with Gasteiger partial charge in [0.25, 0.3) is 0 Å². The molecule has 1 aliphatic rings. The van der Waals surface area contributed by atoms with Crippen LogP contribution in [0.2, 0.25) is 0 Å². The van der Waals surface area contributed by atoms with Crippen molar-refractivity contribution < 1.29 is 4.79 Å². The van der Waals surface area contributed by atoms with Crippen molar-refractivity contribution in [2.45, 2.75) is 52.1 Å². The highest BCUT2D eigenvalue weighted by molar-refractivity contribution is 5.74. The van der Waals surface area contributed by atoms with Gasteiger partial charge in [-0.1, -0.05) is 19.9 Å². The Morgan fingerprint density at radius 3 is 2.80 bits per heavy atom. The molecule has 2 amide bonds. The predicted octanol–water partition coefficient (Wildman–Crippen LogP) is 2.02. The van der Waals surface area contributed by atoms with E-state index >= 15 is 0 Å². The molecule has 0 atom stereocenters. The molecule has 0 aliphatic carbocycles. The Kier molecular flexibility index (Phi) is 5.63. The molecule has 0 saturated heterocycles. The normalized spacial score (nSPS) is 14.3. The summed E-state index contributed by atoms with van der Waals surface area (Å²) in [4.78, 5) is 18.5. The van der Waals surface area contributed by atoms with E-state index in [2.05, 4.69) is 38.9 Å². The zero-order chi connectivity index (χ0) is 17.6. The highest BCUT2D eigenvalue weighted by Gasteiger charge is 2.22. The van der Waals surface area contributed by atoms with Crippen LogP contribution in [0.25, 0.3) is 0 Å². The number of aromatic nitrogens is 4. The summed E-state index contributed by atoms with van der Waals surface area (Å²) in [7, 11) is 0. The number of carbonyl (C=O) groups is 1. The first-order valence-corrected chi connectivity index (χ1v) is 9.06. The second-order valence-electron chi connectivity index (χ2n) is 6.42. The molecule has 7 nitrogen and oxygen atoms in total. The molecule has 2 aromatic rings. The molecule has 0 saturated carbocycles. The second kappa shape index (κ2) is 8.09. The first-order valence-electron chi connectivity index (χ1n) is 9.06. The van der Waals surface area contributed by atoms with Gasteiger partial charge in [0.05, 0.1) is 0 Å². The van der Waals surface area contributed by atoms with Crippen LogP contribution in [0.1, 0.15) is 43.9 Å². The third-order valence-electron chi connectivity index (χ3n) is 4.79. The minimum absolute atomic E-state index is 0.0289. The Bertz CT molecular complexity index is 695. The van der Waals surface area contributed by atoms with Crippen LogP contribution in [0.3, 0.4) is 0 Å². The minimum Gasteiger partial charge on any atom is -0.335 e. The maximum Gasteiger partial charge on any atom is 0.317 e. The molecule has 3 heterocycles. The molecule has 3 rings (SSSR count). The smallest absolute Gasteiger partial charge is 0.317 e. The molecule has 1 aliphatic heterocycles. The number of carbonyl (C=O) groups excluding carboxylic acids is 1. The zero-order valence-corrected chi connectivity index (χ0v) is 15.0. The molecule has 134 valence electrons. The summed E-state index contributed by atoms with van der Waals surface area (Å²) >= 11 is 0. The monoisotopic (exact) mass is 342 g/mol. The van der Waals surface area contributed by atoms with E-state index in [-0.39, 0.29) is 12.1 Å². The molecule has 0 unspecified atom stereocenters. The van der Waals surface area contributed by atoms with Crippen LogP contribution in [-0.4, -0.2) is 49.8 Å². The van der Waals surface area contributed by atoms with Crippen molar-refractivity contribution in [1.29, 1.82) is 0 Å². The number of nitrogens with one attached hydrogen (secondary N) is 1. The molecule has 0 spiro atoms. The first kappa shape index (κ1) is 17.4. The third kappa shape index (κ3) is 4.15. The van der Waals surface area contributed by atoms with Crippen LogP contribution in [0.4, 0.5) is 4.79 Å². The predicted molar refractivity (Wildman–Crippen MR) is 95.2 cm³/mol. The summed E-state index contributed by atoms with van der Waals surface area (Å²) in [5.41, 5.74) is 1.12. The SMILES string of the molecule is CCC(CC)NC(=O)N1CCc2nnc(Cc3cccnc3)n2CC1. The largest absolute Gasteiger partial charge is 0.335 e. The Morgan fingerprint density at radius 2 is 2.08 bits per heavy atom. The van der Waals surface area contributed by atoms with Gasteiger partial charge in [-0.05, 0) is 24.5 Å². The van der Waals surface area contributed by atoms with E-state index in [0.717, 1.165) is 43.0 Å². The van der Waals surface area contributed by atoms with Crippen LogP contribution in [-0.2, 0) is 19.4 Å². The fourth-order valence-corrected chi connectivity index (χ4v) is 3.16. The van der Waals surface area contributed by atoms with Crippen LogP contribution < -0.4 is 5.32 Å². The highest BCUT2D eigenvalue weighted by atomic mass is 16.2. The van der Waals surface area contributed by atoms with Crippen LogP contribution >= 0.6 is 0 Å². The summed E-state index contributed by atoms with van der Waals surface area (Å²) in [6.07, 6.45) is 6.97. The molecular weight excluding hydrogens is 316 g/mol. The average Bonchev–Trinajstić information content (AvgIpc) is 2.89. The topological polar surface area (TPSA) is 75.9 Å². The quantitative estimate of drug-likeness (QED) is 0.902. The van der Waals surface area contributed by atoms with Crippen molar-refractivity contribution in [1.82, 2.24) is 30.0 Å². The second-order valence-corrected chi connectivity index (χ2v) is 6.42. The van der Waals surface area contributed by atoms with Crippen molar-refractivity contribution in [3.05, 3.63) is 41.7 Å². The first-order chi connectivity index (χ1) is 12.2. The maximum atomic E-state index is 12.5. The molecule has 0 radical (unpaired) electrons. The molecule has 0 bridgehead atoms. The van der Waals surface area contributed by atoms with E-state index in [9.17, 15) is 4.79 Å². The number of rotatable bonds is 5. The van der Waals surface area contributed by atoms with Gasteiger partial charge < -0.3 is 14.8 Å². The standard InChI is InChI=1S/C18H26N6O/c1-3-15(4-2)20-18(25)23-9-7-16-21-22-17(24(16)11-10-23)12-14-6-5-8-19-13-14/h5-6,8,13,15H,3-4,7,9-12H2,1-2H3,(H,20,25). The van der Waals surface area contributed by atoms with Gasteiger partial charge in [0.2, 0.25) is 0 Å². The Hall–Kier alpha value is -2.44. The van der Waals surface area contributed by atoms with Crippen LogP contribution in [0.15, 0.2) is 24.5 Å².